The van der Waals surface area contributed by atoms with Crippen LogP contribution in [0.3, 0.4) is 0 Å². The van der Waals surface area contributed by atoms with Crippen LogP contribution >= 0.6 is 10.7 Å². The third kappa shape index (κ3) is 2.29. The fourth-order valence-corrected chi connectivity index (χ4v) is 2.47. The van der Waals surface area contributed by atoms with Crippen molar-refractivity contribution in [3.05, 3.63) is 33.4 Å². The molecule has 0 aromatic heterocycles. The molecule has 0 N–H and O–H groups in total. The monoisotopic (exact) mass is 260 g/mol. The molecule has 6 nitrogen and oxygen atoms in total. The van der Waals surface area contributed by atoms with E-state index in [-0.39, 0.29) is 5.56 Å². The van der Waals surface area contributed by atoms with Crippen molar-refractivity contribution in [2.45, 2.75) is 11.8 Å². The summed E-state index contributed by atoms with van der Waals surface area (Å²) in [7, 11) is 0.731. The Labute approximate surface area is 95.6 Å². The number of nitro benzene ring substituents is 1. The Morgan fingerprint density at radius 1 is 1.50 bits per heavy atom. The maximum absolute atomic E-state index is 11.2. The number of hydrogen-bond donors (Lipinski definition) is 0. The molecule has 8 heteroatoms. The molecule has 0 atom stereocenters. The molecule has 0 aliphatic carbocycles. The van der Waals surface area contributed by atoms with E-state index in [1.54, 1.807) is 6.07 Å². The van der Waals surface area contributed by atoms with Gasteiger partial charge in [0.1, 0.15) is 6.07 Å². The molecule has 0 spiro atoms. The molecule has 84 valence electrons. The fraction of sp³-hybridized carbons (Fsp3) is 0.125. The van der Waals surface area contributed by atoms with Gasteiger partial charge in [0, 0.05) is 16.7 Å². The number of benzene rings is 1. The minimum Gasteiger partial charge on any atom is -0.258 e. The van der Waals surface area contributed by atoms with Gasteiger partial charge in [-0.15, -0.1) is 0 Å². The van der Waals surface area contributed by atoms with Crippen LogP contribution in [0.5, 0.6) is 0 Å². The molecular weight excluding hydrogens is 256 g/mol. The summed E-state index contributed by atoms with van der Waals surface area (Å²) in [6.45, 7) is 1.51. The lowest BCUT2D eigenvalue weighted by Crippen LogP contribution is -2.02. The molecule has 0 amide bonds. The fourth-order valence-electron chi connectivity index (χ4n) is 1.23. The molecule has 0 saturated carbocycles. The molecule has 0 heterocycles. The average molecular weight is 261 g/mol. The summed E-state index contributed by atoms with van der Waals surface area (Å²) in [5.41, 5.74) is -0.611. The summed E-state index contributed by atoms with van der Waals surface area (Å²) >= 11 is 0. The lowest BCUT2D eigenvalue weighted by Gasteiger charge is -2.02. The Morgan fingerprint density at radius 3 is 2.44 bits per heavy atom. The highest BCUT2D eigenvalue weighted by atomic mass is 35.7. The summed E-state index contributed by atoms with van der Waals surface area (Å²) in [4.78, 5) is 9.02. The Kier molecular flexibility index (Phi) is 3.16. The minimum absolute atomic E-state index is 0.332. The SMILES string of the molecule is Cc1cc(C#N)c(S(=O)(=O)Cl)c([N+](=O)[O-])c1. The number of hydrogen-bond acceptors (Lipinski definition) is 5. The van der Waals surface area contributed by atoms with Gasteiger partial charge >= 0.3 is 0 Å². The highest BCUT2D eigenvalue weighted by Gasteiger charge is 2.28. The number of halogens is 1. The van der Waals surface area contributed by atoms with Crippen molar-refractivity contribution in [3.8, 4) is 6.07 Å². The zero-order valence-electron chi connectivity index (χ0n) is 7.97. The Bertz CT molecular complexity index is 603. The first-order valence-corrected chi connectivity index (χ1v) is 6.22. The summed E-state index contributed by atoms with van der Waals surface area (Å²) in [6, 6.07) is 3.85. The van der Waals surface area contributed by atoms with Crippen LogP contribution in [0.2, 0.25) is 0 Å². The molecule has 0 aliphatic heterocycles. The minimum atomic E-state index is -4.33. The van der Waals surface area contributed by atoms with E-state index in [2.05, 4.69) is 0 Å². The molecule has 1 aromatic carbocycles. The Morgan fingerprint density at radius 2 is 2.06 bits per heavy atom. The zero-order chi connectivity index (χ0) is 12.5. The maximum Gasteiger partial charge on any atom is 0.290 e. The number of rotatable bonds is 2. The predicted octanol–water partition coefficient (Wildman–Crippen LogP) is 1.70. The largest absolute Gasteiger partial charge is 0.290 e. The predicted molar refractivity (Wildman–Crippen MR) is 55.6 cm³/mol. The molecule has 0 bridgehead atoms. The standard InChI is InChI=1S/C8H5ClN2O4S/c1-5-2-6(4-10)8(16(9,14)15)7(3-5)11(12)13/h2-3H,1H3. The van der Waals surface area contributed by atoms with Gasteiger partial charge in [0.2, 0.25) is 0 Å². The molecule has 0 saturated heterocycles. The van der Waals surface area contributed by atoms with Gasteiger partial charge in [-0.2, -0.15) is 5.26 Å². The number of nitro groups is 1. The van der Waals surface area contributed by atoms with Crippen molar-refractivity contribution < 1.29 is 13.3 Å². The van der Waals surface area contributed by atoms with Crippen LogP contribution in [-0.4, -0.2) is 13.3 Å². The summed E-state index contributed by atoms with van der Waals surface area (Å²) in [6.07, 6.45) is 0. The van der Waals surface area contributed by atoms with Crippen molar-refractivity contribution >= 4 is 25.4 Å². The van der Waals surface area contributed by atoms with Crippen LogP contribution < -0.4 is 0 Å². The lowest BCUT2D eigenvalue weighted by molar-refractivity contribution is -0.387. The van der Waals surface area contributed by atoms with Crippen LogP contribution in [0.15, 0.2) is 17.0 Å². The van der Waals surface area contributed by atoms with E-state index >= 15 is 0 Å². The topological polar surface area (TPSA) is 101 Å². The van der Waals surface area contributed by atoms with Crippen molar-refractivity contribution in [1.29, 1.82) is 5.26 Å². The van der Waals surface area contributed by atoms with E-state index in [1.165, 1.54) is 13.0 Å². The molecule has 0 fully saturated rings. The van der Waals surface area contributed by atoms with Gasteiger partial charge in [0.25, 0.3) is 14.7 Å². The van der Waals surface area contributed by atoms with Crippen LogP contribution in [0, 0.1) is 28.4 Å². The van der Waals surface area contributed by atoms with E-state index in [0.717, 1.165) is 6.07 Å². The summed E-state index contributed by atoms with van der Waals surface area (Å²) in [5.74, 6) is 0. The second-order valence-corrected chi connectivity index (χ2v) is 5.47. The third-order valence-electron chi connectivity index (χ3n) is 1.77. The molecule has 0 unspecified atom stereocenters. The van der Waals surface area contributed by atoms with Gasteiger partial charge in [-0.05, 0) is 18.6 Å². The van der Waals surface area contributed by atoms with E-state index in [9.17, 15) is 18.5 Å². The molecular formula is C8H5ClN2O4S. The molecule has 1 rings (SSSR count). The number of aryl methyl sites for hydroxylation is 1. The molecule has 1 aromatic rings. The van der Waals surface area contributed by atoms with Crippen LogP contribution in [0.4, 0.5) is 5.69 Å². The number of nitriles is 1. The highest BCUT2D eigenvalue weighted by molar-refractivity contribution is 8.13. The third-order valence-corrected chi connectivity index (χ3v) is 3.15. The summed E-state index contributed by atoms with van der Waals surface area (Å²) in [5, 5.41) is 19.4. The van der Waals surface area contributed by atoms with Gasteiger partial charge in [0.15, 0.2) is 4.90 Å². The second-order valence-electron chi connectivity index (χ2n) is 2.97. The van der Waals surface area contributed by atoms with Crippen LogP contribution in [0.25, 0.3) is 0 Å². The van der Waals surface area contributed by atoms with Gasteiger partial charge < -0.3 is 0 Å². The quantitative estimate of drug-likeness (QED) is 0.457. The van der Waals surface area contributed by atoms with E-state index in [4.69, 9.17) is 15.9 Å². The van der Waals surface area contributed by atoms with Gasteiger partial charge in [0.05, 0.1) is 10.5 Å². The zero-order valence-corrected chi connectivity index (χ0v) is 9.54. The van der Waals surface area contributed by atoms with Gasteiger partial charge in [-0.3, -0.25) is 10.1 Å². The normalized spacial score (nSPS) is 10.8. The molecule has 16 heavy (non-hydrogen) atoms. The average Bonchev–Trinajstić information content (AvgIpc) is 2.14. The van der Waals surface area contributed by atoms with Crippen LogP contribution in [-0.2, 0) is 9.05 Å². The highest BCUT2D eigenvalue weighted by Crippen LogP contribution is 2.31. The maximum atomic E-state index is 11.2. The van der Waals surface area contributed by atoms with Crippen molar-refractivity contribution in [3.63, 3.8) is 0 Å². The van der Waals surface area contributed by atoms with Crippen molar-refractivity contribution in [2.24, 2.45) is 0 Å². The van der Waals surface area contributed by atoms with Crippen molar-refractivity contribution in [1.82, 2.24) is 0 Å². The smallest absolute Gasteiger partial charge is 0.258 e. The second kappa shape index (κ2) is 4.08. The van der Waals surface area contributed by atoms with E-state index < -0.39 is 24.6 Å². The first kappa shape index (κ1) is 12.4. The van der Waals surface area contributed by atoms with Crippen LogP contribution in [0.1, 0.15) is 11.1 Å². The van der Waals surface area contributed by atoms with E-state index in [0.29, 0.717) is 5.56 Å². The van der Waals surface area contributed by atoms with Gasteiger partial charge in [-0.25, -0.2) is 8.42 Å². The Balaban J connectivity index is 3.82. The van der Waals surface area contributed by atoms with Crippen molar-refractivity contribution in [2.75, 3.05) is 0 Å². The number of nitrogens with zero attached hydrogens (tertiary/aromatic N) is 2. The Hall–Kier alpha value is -1.65. The lowest BCUT2D eigenvalue weighted by atomic mass is 10.1. The van der Waals surface area contributed by atoms with Gasteiger partial charge in [-0.1, -0.05) is 0 Å². The summed E-state index contributed by atoms with van der Waals surface area (Å²) < 4.78 is 22.3. The molecule has 0 aliphatic rings. The van der Waals surface area contributed by atoms with E-state index in [1.807, 2.05) is 0 Å². The first-order valence-electron chi connectivity index (χ1n) is 3.91. The molecule has 0 radical (unpaired) electrons. The first-order chi connectivity index (χ1) is 7.27.